The maximum absolute atomic E-state index is 11.1. The van der Waals surface area contributed by atoms with Crippen molar-refractivity contribution in [2.24, 2.45) is 0 Å². The average Bonchev–Trinajstić information content (AvgIpc) is 2.87. The van der Waals surface area contributed by atoms with Crippen molar-refractivity contribution in [3.05, 3.63) is 54.1 Å². The SMILES string of the molecule is O=S(=O)(O)c1ccc2nc(/C=C/c3ccccn3)[nH]c2c1. The van der Waals surface area contributed by atoms with Gasteiger partial charge in [0.1, 0.15) is 5.82 Å². The van der Waals surface area contributed by atoms with Gasteiger partial charge in [0.25, 0.3) is 10.1 Å². The van der Waals surface area contributed by atoms with Gasteiger partial charge in [0.2, 0.25) is 0 Å². The lowest BCUT2D eigenvalue weighted by atomic mass is 10.3. The van der Waals surface area contributed by atoms with E-state index in [2.05, 4.69) is 15.0 Å². The molecule has 1 aromatic carbocycles. The molecule has 2 aromatic heterocycles. The van der Waals surface area contributed by atoms with Crippen molar-refractivity contribution in [2.75, 3.05) is 0 Å². The molecule has 106 valence electrons. The lowest BCUT2D eigenvalue weighted by molar-refractivity contribution is 0.483. The predicted molar refractivity (Wildman–Crippen MR) is 79.1 cm³/mol. The summed E-state index contributed by atoms with van der Waals surface area (Å²) in [5.74, 6) is 0.572. The minimum absolute atomic E-state index is 0.168. The molecule has 0 radical (unpaired) electrons. The van der Waals surface area contributed by atoms with E-state index in [9.17, 15) is 8.42 Å². The standard InChI is InChI=1S/C14H11N3O3S/c18-21(19,20)11-5-6-12-13(9-11)17-14(16-12)7-4-10-3-1-2-8-15-10/h1-9H,(H,16,17)(H,18,19,20)/b7-4+. The maximum Gasteiger partial charge on any atom is 0.294 e. The molecule has 0 spiro atoms. The Morgan fingerprint density at radius 2 is 2.00 bits per heavy atom. The molecular weight excluding hydrogens is 290 g/mol. The lowest BCUT2D eigenvalue weighted by Gasteiger charge is -1.95. The van der Waals surface area contributed by atoms with E-state index in [0.29, 0.717) is 16.9 Å². The van der Waals surface area contributed by atoms with E-state index < -0.39 is 10.1 Å². The Labute approximate surface area is 120 Å². The first-order chi connectivity index (χ1) is 10.0. The van der Waals surface area contributed by atoms with Crippen molar-refractivity contribution in [2.45, 2.75) is 4.90 Å². The third-order valence-electron chi connectivity index (χ3n) is 2.87. The molecule has 0 aliphatic rings. The summed E-state index contributed by atoms with van der Waals surface area (Å²) >= 11 is 0. The highest BCUT2D eigenvalue weighted by Crippen LogP contribution is 2.18. The molecule has 0 aliphatic carbocycles. The Morgan fingerprint density at radius 1 is 1.14 bits per heavy atom. The molecule has 3 rings (SSSR count). The first-order valence-electron chi connectivity index (χ1n) is 6.09. The molecule has 0 aliphatic heterocycles. The van der Waals surface area contributed by atoms with Crippen molar-refractivity contribution in [1.82, 2.24) is 15.0 Å². The first-order valence-corrected chi connectivity index (χ1v) is 7.53. The zero-order valence-corrected chi connectivity index (χ0v) is 11.6. The number of rotatable bonds is 3. The summed E-state index contributed by atoms with van der Waals surface area (Å²) in [5.41, 5.74) is 1.94. The van der Waals surface area contributed by atoms with Crippen molar-refractivity contribution >= 4 is 33.3 Å². The van der Waals surface area contributed by atoms with Crippen molar-refractivity contribution < 1.29 is 13.0 Å². The summed E-state index contributed by atoms with van der Waals surface area (Å²) < 4.78 is 31.2. The van der Waals surface area contributed by atoms with Crippen LogP contribution in [0, 0.1) is 0 Å². The molecular formula is C14H11N3O3S. The summed E-state index contributed by atoms with van der Waals surface area (Å²) in [5, 5.41) is 0. The molecule has 7 heteroatoms. The molecule has 3 aromatic rings. The van der Waals surface area contributed by atoms with Gasteiger partial charge >= 0.3 is 0 Å². The molecule has 21 heavy (non-hydrogen) atoms. The number of nitrogens with one attached hydrogen (secondary N) is 1. The monoisotopic (exact) mass is 301 g/mol. The largest absolute Gasteiger partial charge is 0.338 e. The second-order valence-corrected chi connectivity index (χ2v) is 5.79. The molecule has 0 atom stereocenters. The number of benzene rings is 1. The number of fused-ring (bicyclic) bond motifs is 1. The molecule has 2 heterocycles. The first kappa shape index (κ1) is 13.5. The van der Waals surface area contributed by atoms with Gasteiger partial charge in [-0.25, -0.2) is 4.98 Å². The molecule has 0 amide bonds. The summed E-state index contributed by atoms with van der Waals surface area (Å²) in [4.78, 5) is 11.3. The van der Waals surface area contributed by atoms with Crippen LogP contribution in [0.15, 0.2) is 47.5 Å². The van der Waals surface area contributed by atoms with Gasteiger partial charge in [0.15, 0.2) is 0 Å². The normalized spacial score (nSPS) is 12.2. The van der Waals surface area contributed by atoms with Crippen LogP contribution in [0.1, 0.15) is 11.5 Å². The smallest absolute Gasteiger partial charge is 0.294 e. The van der Waals surface area contributed by atoms with E-state index in [4.69, 9.17) is 4.55 Å². The summed E-state index contributed by atoms with van der Waals surface area (Å²) in [6.45, 7) is 0. The quantitative estimate of drug-likeness (QED) is 0.724. The molecule has 0 bridgehead atoms. The van der Waals surface area contributed by atoms with Gasteiger partial charge in [0.05, 0.1) is 21.6 Å². The minimum Gasteiger partial charge on any atom is -0.338 e. The van der Waals surface area contributed by atoms with E-state index in [-0.39, 0.29) is 4.90 Å². The number of aromatic amines is 1. The predicted octanol–water partition coefficient (Wildman–Crippen LogP) is 2.38. The van der Waals surface area contributed by atoms with E-state index >= 15 is 0 Å². The Kier molecular flexibility index (Phi) is 3.28. The lowest BCUT2D eigenvalue weighted by Crippen LogP contribution is -1.97. The molecule has 0 saturated heterocycles. The van der Waals surface area contributed by atoms with Crippen LogP contribution in [0.4, 0.5) is 0 Å². The van der Waals surface area contributed by atoms with Crippen LogP contribution in [0.5, 0.6) is 0 Å². The number of imidazole rings is 1. The molecule has 2 N–H and O–H groups in total. The van der Waals surface area contributed by atoms with Crippen molar-refractivity contribution in [3.63, 3.8) is 0 Å². The minimum atomic E-state index is -4.22. The second-order valence-electron chi connectivity index (χ2n) is 4.36. The molecule has 0 saturated carbocycles. The summed E-state index contributed by atoms with van der Waals surface area (Å²) in [6.07, 6.45) is 5.23. The Morgan fingerprint density at radius 3 is 2.71 bits per heavy atom. The van der Waals surface area contributed by atoms with Crippen LogP contribution >= 0.6 is 0 Å². The number of pyridine rings is 1. The number of hydrogen-bond acceptors (Lipinski definition) is 4. The highest BCUT2D eigenvalue weighted by Gasteiger charge is 2.11. The summed E-state index contributed by atoms with van der Waals surface area (Å²) in [6, 6.07) is 9.75. The van der Waals surface area contributed by atoms with Crippen LogP contribution in [-0.4, -0.2) is 27.9 Å². The van der Waals surface area contributed by atoms with Crippen molar-refractivity contribution in [3.8, 4) is 0 Å². The third kappa shape index (κ3) is 2.99. The van der Waals surface area contributed by atoms with E-state index in [1.807, 2.05) is 18.2 Å². The Hall–Kier alpha value is -2.51. The maximum atomic E-state index is 11.1. The number of hydrogen-bond donors (Lipinski definition) is 2. The fourth-order valence-corrected chi connectivity index (χ4v) is 2.39. The van der Waals surface area contributed by atoms with Crippen LogP contribution < -0.4 is 0 Å². The highest BCUT2D eigenvalue weighted by atomic mass is 32.2. The Balaban J connectivity index is 1.96. The summed E-state index contributed by atoms with van der Waals surface area (Å²) in [7, 11) is -4.22. The van der Waals surface area contributed by atoms with Gasteiger partial charge in [-0.3, -0.25) is 9.54 Å². The van der Waals surface area contributed by atoms with Gasteiger partial charge in [0, 0.05) is 6.20 Å². The fraction of sp³-hybridized carbons (Fsp3) is 0. The van der Waals surface area contributed by atoms with Gasteiger partial charge in [-0.15, -0.1) is 0 Å². The molecule has 0 unspecified atom stereocenters. The number of aromatic nitrogens is 3. The van der Waals surface area contributed by atoms with Crippen LogP contribution in [-0.2, 0) is 10.1 Å². The van der Waals surface area contributed by atoms with E-state index in [0.717, 1.165) is 5.69 Å². The topological polar surface area (TPSA) is 95.9 Å². The Bertz CT molecular complexity index is 915. The van der Waals surface area contributed by atoms with Gasteiger partial charge in [-0.05, 0) is 42.5 Å². The second kappa shape index (κ2) is 5.12. The van der Waals surface area contributed by atoms with E-state index in [1.54, 1.807) is 18.3 Å². The van der Waals surface area contributed by atoms with Crippen LogP contribution in [0.25, 0.3) is 23.2 Å². The van der Waals surface area contributed by atoms with Crippen molar-refractivity contribution in [1.29, 1.82) is 0 Å². The van der Waals surface area contributed by atoms with Gasteiger partial charge in [-0.1, -0.05) is 6.07 Å². The zero-order chi connectivity index (χ0) is 14.9. The number of nitrogens with zero attached hydrogens (tertiary/aromatic N) is 2. The zero-order valence-electron chi connectivity index (χ0n) is 10.8. The van der Waals surface area contributed by atoms with Gasteiger partial charge in [-0.2, -0.15) is 8.42 Å². The fourth-order valence-electron chi connectivity index (χ4n) is 1.89. The third-order valence-corrected chi connectivity index (χ3v) is 3.72. The van der Waals surface area contributed by atoms with Gasteiger partial charge < -0.3 is 4.98 Å². The molecule has 0 fully saturated rings. The highest BCUT2D eigenvalue weighted by molar-refractivity contribution is 7.85. The van der Waals surface area contributed by atoms with E-state index in [1.165, 1.54) is 18.2 Å². The van der Waals surface area contributed by atoms with Crippen LogP contribution in [0.2, 0.25) is 0 Å². The van der Waals surface area contributed by atoms with Crippen LogP contribution in [0.3, 0.4) is 0 Å². The number of H-pyrrole nitrogens is 1. The molecule has 6 nitrogen and oxygen atoms in total. The average molecular weight is 301 g/mol.